The van der Waals surface area contributed by atoms with Gasteiger partial charge in [-0.15, -0.1) is 5.73 Å². The SMILES string of the molecule is CCCC(C1=C=CC=C1)C(C)C. The summed E-state index contributed by atoms with van der Waals surface area (Å²) in [6, 6.07) is 0. The van der Waals surface area contributed by atoms with Crippen LogP contribution in [0.15, 0.2) is 29.5 Å². The second-order valence-corrected chi connectivity index (χ2v) is 3.76. The summed E-state index contributed by atoms with van der Waals surface area (Å²) in [6.07, 6.45) is 8.85. The molecule has 0 spiro atoms. The minimum Gasteiger partial charge on any atom is -0.117 e. The second kappa shape index (κ2) is 4.33. The first-order valence-corrected chi connectivity index (χ1v) is 4.89. The topological polar surface area (TPSA) is 0 Å². The molecule has 1 rings (SSSR count). The molecule has 0 bridgehead atoms. The zero-order valence-electron chi connectivity index (χ0n) is 8.30. The molecule has 1 unspecified atom stereocenters. The van der Waals surface area contributed by atoms with Crippen LogP contribution >= 0.6 is 0 Å². The van der Waals surface area contributed by atoms with Gasteiger partial charge in [0.25, 0.3) is 0 Å². The van der Waals surface area contributed by atoms with E-state index in [0.29, 0.717) is 5.92 Å². The lowest BCUT2D eigenvalue weighted by atomic mass is 9.85. The lowest BCUT2D eigenvalue weighted by Crippen LogP contribution is -2.09. The Labute approximate surface area is 75.7 Å². The van der Waals surface area contributed by atoms with Crippen molar-refractivity contribution in [3.8, 4) is 0 Å². The van der Waals surface area contributed by atoms with E-state index in [-0.39, 0.29) is 0 Å². The van der Waals surface area contributed by atoms with E-state index in [1.165, 1.54) is 18.4 Å². The Hall–Kier alpha value is -0.740. The van der Waals surface area contributed by atoms with Crippen LogP contribution in [0, 0.1) is 11.8 Å². The molecule has 0 saturated carbocycles. The lowest BCUT2D eigenvalue weighted by molar-refractivity contribution is 0.418. The smallest absolute Gasteiger partial charge is 0.00266 e. The molecule has 0 N–H and O–H groups in total. The van der Waals surface area contributed by atoms with E-state index in [4.69, 9.17) is 0 Å². The van der Waals surface area contributed by atoms with Gasteiger partial charge in [-0.1, -0.05) is 39.3 Å². The molecule has 1 atom stereocenters. The van der Waals surface area contributed by atoms with E-state index in [0.717, 1.165) is 5.92 Å². The molecule has 0 saturated heterocycles. The monoisotopic (exact) mass is 162 g/mol. The fourth-order valence-electron chi connectivity index (χ4n) is 1.73. The van der Waals surface area contributed by atoms with Crippen molar-refractivity contribution >= 4 is 0 Å². The molecule has 0 fully saturated rings. The van der Waals surface area contributed by atoms with Crippen molar-refractivity contribution in [1.29, 1.82) is 0 Å². The highest BCUT2D eigenvalue weighted by molar-refractivity contribution is 5.31. The van der Waals surface area contributed by atoms with E-state index >= 15 is 0 Å². The maximum Gasteiger partial charge on any atom is -0.00266 e. The summed E-state index contributed by atoms with van der Waals surface area (Å²) in [4.78, 5) is 0. The van der Waals surface area contributed by atoms with Crippen LogP contribution in [-0.2, 0) is 0 Å². The van der Waals surface area contributed by atoms with E-state index in [1.54, 1.807) is 0 Å². The molecule has 0 aliphatic heterocycles. The normalized spacial score (nSPS) is 17.2. The van der Waals surface area contributed by atoms with Gasteiger partial charge in [-0.05, 0) is 29.9 Å². The highest BCUT2D eigenvalue weighted by atomic mass is 14.2. The first-order chi connectivity index (χ1) is 5.75. The van der Waals surface area contributed by atoms with Crippen molar-refractivity contribution in [1.82, 2.24) is 0 Å². The van der Waals surface area contributed by atoms with Crippen molar-refractivity contribution in [2.75, 3.05) is 0 Å². The Kier molecular flexibility index (Phi) is 3.37. The highest BCUT2D eigenvalue weighted by Gasteiger charge is 2.15. The van der Waals surface area contributed by atoms with Crippen LogP contribution in [0.25, 0.3) is 0 Å². The van der Waals surface area contributed by atoms with Gasteiger partial charge < -0.3 is 0 Å². The zero-order chi connectivity index (χ0) is 8.97. The zero-order valence-corrected chi connectivity index (χ0v) is 8.30. The highest BCUT2D eigenvalue weighted by Crippen LogP contribution is 2.27. The van der Waals surface area contributed by atoms with E-state index < -0.39 is 0 Å². The fraction of sp³-hybridized carbons (Fsp3) is 0.583. The van der Waals surface area contributed by atoms with Crippen LogP contribution in [0.3, 0.4) is 0 Å². The number of hydrogen-bond donors (Lipinski definition) is 0. The van der Waals surface area contributed by atoms with Gasteiger partial charge in [0.1, 0.15) is 0 Å². The summed E-state index contributed by atoms with van der Waals surface area (Å²) >= 11 is 0. The van der Waals surface area contributed by atoms with Crippen LogP contribution in [0.1, 0.15) is 33.6 Å². The maximum absolute atomic E-state index is 3.30. The van der Waals surface area contributed by atoms with Crippen molar-refractivity contribution in [3.05, 3.63) is 29.5 Å². The van der Waals surface area contributed by atoms with E-state index in [2.05, 4.69) is 38.7 Å². The molecule has 12 heavy (non-hydrogen) atoms. The van der Waals surface area contributed by atoms with Gasteiger partial charge in [-0.25, -0.2) is 0 Å². The molecule has 0 aromatic heterocycles. The van der Waals surface area contributed by atoms with Gasteiger partial charge in [0.2, 0.25) is 0 Å². The summed E-state index contributed by atoms with van der Waals surface area (Å²) in [6.45, 7) is 6.83. The maximum atomic E-state index is 3.30. The molecule has 0 amide bonds. The molecule has 0 aromatic carbocycles. The first-order valence-electron chi connectivity index (χ1n) is 4.89. The first kappa shape index (κ1) is 9.35. The summed E-state index contributed by atoms with van der Waals surface area (Å²) < 4.78 is 0. The molecular formula is C12H18. The van der Waals surface area contributed by atoms with Gasteiger partial charge in [-0.2, -0.15) is 0 Å². The average Bonchev–Trinajstić information content (AvgIpc) is 2.51. The largest absolute Gasteiger partial charge is 0.117 e. The van der Waals surface area contributed by atoms with Crippen molar-refractivity contribution in [3.63, 3.8) is 0 Å². The summed E-state index contributed by atoms with van der Waals surface area (Å²) in [5, 5.41) is 0. The number of rotatable bonds is 4. The van der Waals surface area contributed by atoms with Gasteiger partial charge in [0.05, 0.1) is 0 Å². The quantitative estimate of drug-likeness (QED) is 0.553. The van der Waals surface area contributed by atoms with Crippen LogP contribution < -0.4 is 0 Å². The van der Waals surface area contributed by atoms with E-state index in [1.807, 2.05) is 6.08 Å². The van der Waals surface area contributed by atoms with Gasteiger partial charge >= 0.3 is 0 Å². The minimum absolute atomic E-state index is 0.713. The Balaban J connectivity index is 2.66. The second-order valence-electron chi connectivity index (χ2n) is 3.76. The van der Waals surface area contributed by atoms with Gasteiger partial charge in [0.15, 0.2) is 0 Å². The third-order valence-electron chi connectivity index (χ3n) is 2.43. The Morgan fingerprint density at radius 1 is 1.42 bits per heavy atom. The van der Waals surface area contributed by atoms with Crippen molar-refractivity contribution < 1.29 is 0 Å². The molecule has 66 valence electrons. The van der Waals surface area contributed by atoms with Crippen LogP contribution in [0.2, 0.25) is 0 Å². The average molecular weight is 162 g/mol. The Morgan fingerprint density at radius 2 is 2.17 bits per heavy atom. The molecule has 1 aliphatic carbocycles. The Morgan fingerprint density at radius 3 is 2.58 bits per heavy atom. The third-order valence-corrected chi connectivity index (χ3v) is 2.43. The summed E-state index contributed by atoms with van der Waals surface area (Å²) in [5.74, 6) is 1.45. The minimum atomic E-state index is 0.713. The van der Waals surface area contributed by atoms with Crippen molar-refractivity contribution in [2.24, 2.45) is 11.8 Å². The van der Waals surface area contributed by atoms with Crippen LogP contribution in [0.4, 0.5) is 0 Å². The van der Waals surface area contributed by atoms with E-state index in [9.17, 15) is 0 Å². The predicted molar refractivity (Wildman–Crippen MR) is 54.0 cm³/mol. The summed E-state index contributed by atoms with van der Waals surface area (Å²) in [5.41, 5.74) is 4.70. The van der Waals surface area contributed by atoms with Crippen LogP contribution in [-0.4, -0.2) is 0 Å². The fourth-order valence-corrected chi connectivity index (χ4v) is 1.73. The Bertz CT molecular complexity index is 224. The third kappa shape index (κ3) is 2.12. The van der Waals surface area contributed by atoms with Crippen molar-refractivity contribution in [2.45, 2.75) is 33.6 Å². The van der Waals surface area contributed by atoms with Gasteiger partial charge in [0, 0.05) is 0 Å². The predicted octanol–water partition coefficient (Wildman–Crippen LogP) is 3.71. The summed E-state index contributed by atoms with van der Waals surface area (Å²) in [7, 11) is 0. The molecule has 0 nitrogen and oxygen atoms in total. The molecule has 0 aromatic rings. The lowest BCUT2D eigenvalue weighted by Gasteiger charge is -2.19. The molecule has 0 heteroatoms. The standard InChI is InChI=1S/C12H18/c1-4-7-12(10(2)3)11-8-5-6-9-11/h5-6,8,10,12H,4,7H2,1-3H3. The van der Waals surface area contributed by atoms with Crippen LogP contribution in [0.5, 0.6) is 0 Å². The number of hydrogen-bond acceptors (Lipinski definition) is 0. The molecule has 0 heterocycles. The molecule has 0 radical (unpaired) electrons. The van der Waals surface area contributed by atoms with Gasteiger partial charge in [-0.3, -0.25) is 0 Å². The number of allylic oxidation sites excluding steroid dienone is 3. The molecule has 1 aliphatic rings. The molecular weight excluding hydrogens is 144 g/mol.